The molecule has 1 unspecified atom stereocenters. The highest BCUT2D eigenvalue weighted by Crippen LogP contribution is 2.40. The molecule has 0 aliphatic carbocycles. The van der Waals surface area contributed by atoms with Crippen LogP contribution in [0.4, 0.5) is 0 Å². The van der Waals surface area contributed by atoms with E-state index in [2.05, 4.69) is 10.6 Å². The maximum absolute atomic E-state index is 13.8. The molecule has 0 spiro atoms. The first-order valence-corrected chi connectivity index (χ1v) is 28.2. The van der Waals surface area contributed by atoms with Gasteiger partial charge in [0.1, 0.15) is 67.3 Å². The zero-order valence-corrected chi connectivity index (χ0v) is 48.7. The number of rotatable bonds is 24. The molecule has 2 aromatic carbocycles. The normalized spacial score (nSPS) is 30.7. The van der Waals surface area contributed by atoms with Crippen LogP contribution in [0.2, 0.25) is 0 Å². The smallest absolute Gasteiger partial charge is 0.321 e. The van der Waals surface area contributed by atoms with E-state index in [0.717, 1.165) is 38.7 Å². The molecule has 6 rings (SSSR count). The number of aliphatic hydroxyl groups excluding tert-OH is 1. The van der Waals surface area contributed by atoms with Crippen LogP contribution in [-0.4, -0.2) is 175 Å². The van der Waals surface area contributed by atoms with Crippen molar-refractivity contribution in [2.45, 2.75) is 176 Å². The fourth-order valence-electron chi connectivity index (χ4n) is 9.16. The van der Waals surface area contributed by atoms with Gasteiger partial charge in [0.05, 0.1) is 25.2 Å². The SMILES string of the molecule is CC(=O)N[C@H]1[C@H](OCCCCCCCl)O[C@H](COCc2ccccc2)[C@@H](O[C@@H]2O[C@H](COC(=O)C(C)(C)C)[C@H](OC(C)=O)[C@H](O[C@@H]3O[C@@H]4COC(c5ccccc5)O[C@H]4[C@H](OC(=O)CCl)[C@H]3NC(=O)C(Cl)(Cl)Cl)[C@H]2OC(C)=O)[C@@H]1O. The van der Waals surface area contributed by atoms with E-state index in [-0.39, 0.29) is 26.4 Å². The van der Waals surface area contributed by atoms with Crippen molar-refractivity contribution in [1.82, 2.24) is 10.6 Å². The monoisotopic (exact) mass is 1230 g/mol. The first-order valence-electron chi connectivity index (χ1n) is 26.0. The molecule has 27 heteroatoms. The van der Waals surface area contributed by atoms with Gasteiger partial charge < -0.3 is 77.3 Å². The minimum absolute atomic E-state index is 0.0747. The lowest BCUT2D eigenvalue weighted by Gasteiger charge is -2.52. The van der Waals surface area contributed by atoms with Gasteiger partial charge in [0.2, 0.25) is 5.91 Å². The second kappa shape index (κ2) is 30.7. The number of hydrogen-bond donors (Lipinski definition) is 3. The third-order valence-electron chi connectivity index (χ3n) is 12.9. The maximum Gasteiger partial charge on any atom is 0.321 e. The van der Waals surface area contributed by atoms with E-state index >= 15 is 0 Å². The van der Waals surface area contributed by atoms with Crippen LogP contribution in [0.5, 0.6) is 0 Å². The van der Waals surface area contributed by atoms with Gasteiger partial charge in [0.15, 0.2) is 43.5 Å². The largest absolute Gasteiger partial charge is 0.462 e. The second-order valence-electron chi connectivity index (χ2n) is 20.3. The van der Waals surface area contributed by atoms with Crippen molar-refractivity contribution in [2.75, 3.05) is 38.2 Å². The quantitative estimate of drug-likeness (QED) is 0.0514. The van der Waals surface area contributed by atoms with E-state index < -0.39 is 156 Å². The van der Waals surface area contributed by atoms with Crippen molar-refractivity contribution >= 4 is 93.7 Å². The van der Waals surface area contributed by atoms with Crippen LogP contribution < -0.4 is 10.6 Å². The molecule has 0 aromatic heterocycles. The molecular formula is C53H69Cl5N2O20. The standard InChI is InChI=1S/C53H69Cl5N2O20/c1-28(61)59-37-39(65)40(33(25-68-24-31-17-11-9-12-18-31)74-47(37)69-22-16-8-7-15-21-54)78-49-45(73-30(3)63)44(42(72-29(2)62)35(76-49)27-71-51(67)52(4,5)6)80-48-38(60-50(66)53(56,57)58)43(77-36(64)23-55)41-34(75-48)26-70-46(79-41)32-19-13-10-14-20-32/h9-14,17-20,33-35,37-49,65H,7-8,15-16,21-27H2,1-6H3,(H,59,61)(H,60,66)/t33-,34-,35-,37-,38-,39-,40-,41-,42+,43-,44+,45-,46?,47-,48+,49+/m1/s1. The Labute approximate surface area is 488 Å². The number of amides is 2. The van der Waals surface area contributed by atoms with Crippen molar-refractivity contribution in [3.63, 3.8) is 0 Å². The van der Waals surface area contributed by atoms with Crippen molar-refractivity contribution in [2.24, 2.45) is 5.41 Å². The van der Waals surface area contributed by atoms with Gasteiger partial charge in [-0.1, -0.05) is 108 Å². The first-order chi connectivity index (χ1) is 38.0. The predicted molar refractivity (Wildman–Crippen MR) is 285 cm³/mol. The molecule has 446 valence electrons. The Bertz CT molecular complexity index is 2340. The molecule has 0 saturated carbocycles. The van der Waals surface area contributed by atoms with E-state index in [1.54, 1.807) is 51.1 Å². The molecule has 2 aromatic rings. The Balaban J connectivity index is 1.45. The molecule has 0 radical (unpaired) electrons. The summed E-state index contributed by atoms with van der Waals surface area (Å²) in [6, 6.07) is 14.9. The van der Waals surface area contributed by atoms with Crippen LogP contribution in [0.15, 0.2) is 60.7 Å². The zero-order chi connectivity index (χ0) is 58.3. The van der Waals surface area contributed by atoms with Crippen LogP contribution >= 0.6 is 58.0 Å². The molecule has 4 aliphatic heterocycles. The average Bonchev–Trinajstić information content (AvgIpc) is 3.58. The van der Waals surface area contributed by atoms with Crippen LogP contribution in [0.1, 0.15) is 84.6 Å². The number of halogens is 5. The number of aliphatic hydroxyl groups is 1. The van der Waals surface area contributed by atoms with Gasteiger partial charge in [-0.15, -0.1) is 23.2 Å². The Kier molecular flexibility index (Phi) is 25.2. The summed E-state index contributed by atoms with van der Waals surface area (Å²) < 4.78 is 78.8. The number of hydrogen-bond acceptors (Lipinski definition) is 20. The molecular weight excluding hydrogens is 1160 g/mol. The molecule has 16 atom stereocenters. The third-order valence-corrected chi connectivity index (χ3v) is 13.9. The molecule has 4 fully saturated rings. The number of benzene rings is 2. The van der Waals surface area contributed by atoms with Gasteiger partial charge in [-0.05, 0) is 39.2 Å². The lowest BCUT2D eigenvalue weighted by atomic mass is 9.93. The number of esters is 4. The molecule has 2 amide bonds. The van der Waals surface area contributed by atoms with E-state index in [9.17, 15) is 33.9 Å². The summed E-state index contributed by atoms with van der Waals surface area (Å²) in [5, 5.41) is 17.7. The first kappa shape index (κ1) is 65.5. The number of unbranched alkanes of at least 4 members (excludes halogenated alkanes) is 3. The predicted octanol–water partition coefficient (Wildman–Crippen LogP) is 5.40. The zero-order valence-electron chi connectivity index (χ0n) is 44.9. The fraction of sp³-hybridized carbons (Fsp3) is 0.660. The lowest BCUT2D eigenvalue weighted by Crippen LogP contribution is -2.71. The van der Waals surface area contributed by atoms with Crippen LogP contribution in [0.25, 0.3) is 0 Å². The Morgan fingerprint density at radius 2 is 1.30 bits per heavy atom. The number of ether oxygens (including phenoxy) is 13. The molecule has 4 aliphatic rings. The summed E-state index contributed by atoms with van der Waals surface area (Å²) >= 11 is 30.3. The Morgan fingerprint density at radius 1 is 0.675 bits per heavy atom. The molecule has 80 heavy (non-hydrogen) atoms. The van der Waals surface area contributed by atoms with Gasteiger partial charge in [0.25, 0.3) is 9.70 Å². The number of alkyl halides is 5. The molecule has 22 nitrogen and oxygen atoms in total. The van der Waals surface area contributed by atoms with E-state index in [1.807, 2.05) is 30.3 Å². The summed E-state index contributed by atoms with van der Waals surface area (Å²) in [4.78, 5) is 80.0. The third kappa shape index (κ3) is 18.7. The minimum atomic E-state index is -2.65. The van der Waals surface area contributed by atoms with E-state index in [1.165, 1.54) is 6.92 Å². The molecule has 4 saturated heterocycles. The highest BCUT2D eigenvalue weighted by atomic mass is 35.6. The van der Waals surface area contributed by atoms with E-state index in [0.29, 0.717) is 17.9 Å². The summed E-state index contributed by atoms with van der Waals surface area (Å²) in [6.07, 6.45) is -18.7. The molecule has 3 N–H and O–H groups in total. The Hall–Kier alpha value is -3.69. The van der Waals surface area contributed by atoms with Gasteiger partial charge in [0, 0.05) is 38.8 Å². The summed E-state index contributed by atoms with van der Waals surface area (Å²) in [5.41, 5.74) is 0.278. The van der Waals surface area contributed by atoms with Gasteiger partial charge in [-0.25, -0.2) is 0 Å². The maximum atomic E-state index is 13.8. The summed E-state index contributed by atoms with van der Waals surface area (Å²) in [5.74, 6) is -5.63. The second-order valence-corrected chi connectivity index (χ2v) is 23.2. The van der Waals surface area contributed by atoms with Crippen molar-refractivity contribution < 1.29 is 95.5 Å². The highest BCUT2D eigenvalue weighted by Gasteiger charge is 2.60. The molecule has 4 heterocycles. The summed E-state index contributed by atoms with van der Waals surface area (Å²) in [6.45, 7) is 7.16. The Morgan fingerprint density at radius 3 is 1.93 bits per heavy atom. The van der Waals surface area contributed by atoms with Crippen LogP contribution in [0.3, 0.4) is 0 Å². The highest BCUT2D eigenvalue weighted by molar-refractivity contribution is 6.76. The number of carbonyl (C=O) groups excluding carboxylic acids is 6. The van der Waals surface area contributed by atoms with Crippen LogP contribution in [0, 0.1) is 5.41 Å². The van der Waals surface area contributed by atoms with Gasteiger partial charge >= 0.3 is 23.9 Å². The van der Waals surface area contributed by atoms with Crippen molar-refractivity contribution in [3.05, 3.63) is 71.8 Å². The average molecular weight is 1230 g/mol. The van der Waals surface area contributed by atoms with Crippen molar-refractivity contribution in [1.29, 1.82) is 0 Å². The van der Waals surface area contributed by atoms with Crippen LogP contribution in [-0.2, 0) is 97.0 Å². The number of nitrogens with one attached hydrogen (secondary N) is 2. The summed E-state index contributed by atoms with van der Waals surface area (Å²) in [7, 11) is 0. The topological polar surface area (TPSA) is 267 Å². The van der Waals surface area contributed by atoms with Gasteiger partial charge in [-0.3, -0.25) is 28.8 Å². The van der Waals surface area contributed by atoms with E-state index in [4.69, 9.17) is 120 Å². The molecule has 0 bridgehead atoms. The fourth-order valence-corrected chi connectivity index (χ4v) is 9.57. The number of fused-ring (bicyclic) bond motifs is 1. The number of carbonyl (C=O) groups is 6. The van der Waals surface area contributed by atoms with Gasteiger partial charge in [-0.2, -0.15) is 0 Å². The minimum Gasteiger partial charge on any atom is -0.462 e. The van der Waals surface area contributed by atoms with Crippen molar-refractivity contribution in [3.8, 4) is 0 Å². The lowest BCUT2D eigenvalue weighted by molar-refractivity contribution is -0.382.